The summed E-state index contributed by atoms with van der Waals surface area (Å²) in [5.41, 5.74) is 6.52. The van der Waals surface area contributed by atoms with Gasteiger partial charge in [0.15, 0.2) is 0 Å². The second-order valence-electron chi connectivity index (χ2n) is 12.3. The van der Waals surface area contributed by atoms with E-state index >= 15 is 0 Å². The minimum absolute atomic E-state index is 0.0612. The maximum atomic E-state index is 13.2. The van der Waals surface area contributed by atoms with Crippen LogP contribution in [0.3, 0.4) is 0 Å². The zero-order valence-electron chi connectivity index (χ0n) is 26.6. The molecule has 1 amide bonds. The largest absolute Gasteiger partial charge is 0.489 e. The van der Waals surface area contributed by atoms with Gasteiger partial charge in [-0.25, -0.2) is 9.59 Å². The Bertz CT molecular complexity index is 1630. The number of carbonyl (C=O) groups is 3. The van der Waals surface area contributed by atoms with Gasteiger partial charge in [-0.1, -0.05) is 90.5 Å². The summed E-state index contributed by atoms with van der Waals surface area (Å²) < 4.78 is 22.4. The van der Waals surface area contributed by atoms with Gasteiger partial charge in [0, 0.05) is 5.92 Å². The molecule has 4 aromatic carbocycles. The van der Waals surface area contributed by atoms with Crippen molar-refractivity contribution in [1.29, 1.82) is 0 Å². The number of benzene rings is 4. The fraction of sp³-hybridized carbons (Fsp3) is 0.289. The normalized spacial score (nSPS) is 12.8. The third kappa shape index (κ3) is 8.53. The summed E-state index contributed by atoms with van der Waals surface area (Å²) in [6, 6.07) is 30.0. The average Bonchev–Trinajstić information content (AvgIpc) is 3.35. The van der Waals surface area contributed by atoms with Crippen molar-refractivity contribution in [3.05, 3.63) is 125 Å². The number of carbonyl (C=O) groups excluding carboxylic acids is 3. The van der Waals surface area contributed by atoms with Crippen LogP contribution >= 0.6 is 0 Å². The van der Waals surface area contributed by atoms with Crippen LogP contribution in [0.2, 0.25) is 0 Å². The highest BCUT2D eigenvalue weighted by Crippen LogP contribution is 2.44. The lowest BCUT2D eigenvalue weighted by Gasteiger charge is -2.22. The number of rotatable bonds is 11. The minimum atomic E-state index is -1.30. The molecule has 0 radical (unpaired) electrons. The first-order valence-corrected chi connectivity index (χ1v) is 15.3. The Balaban J connectivity index is 1.18. The number of ether oxygens (including phenoxy) is 4. The monoisotopic (exact) mass is 621 g/mol. The molecule has 1 aliphatic rings. The van der Waals surface area contributed by atoms with Crippen molar-refractivity contribution in [2.24, 2.45) is 0 Å². The zero-order chi connectivity index (χ0) is 32.7. The first-order valence-electron chi connectivity index (χ1n) is 15.3. The maximum Gasteiger partial charge on any atom is 0.407 e. The smallest absolute Gasteiger partial charge is 0.407 e. The van der Waals surface area contributed by atoms with Gasteiger partial charge in [0.25, 0.3) is 0 Å². The summed E-state index contributed by atoms with van der Waals surface area (Å²) in [7, 11) is 0. The van der Waals surface area contributed by atoms with Crippen LogP contribution in [0.4, 0.5) is 4.79 Å². The van der Waals surface area contributed by atoms with E-state index in [0.29, 0.717) is 17.9 Å². The molecule has 0 heterocycles. The van der Waals surface area contributed by atoms with Gasteiger partial charge in [0.2, 0.25) is 0 Å². The van der Waals surface area contributed by atoms with E-state index in [1.807, 2.05) is 79.7 Å². The van der Waals surface area contributed by atoms with Crippen molar-refractivity contribution in [2.75, 3.05) is 6.61 Å². The Morgan fingerprint density at radius 3 is 1.91 bits per heavy atom. The van der Waals surface area contributed by atoms with Gasteiger partial charge in [0.05, 0.1) is 6.42 Å². The van der Waals surface area contributed by atoms with E-state index in [9.17, 15) is 14.4 Å². The third-order valence-electron chi connectivity index (χ3n) is 7.54. The van der Waals surface area contributed by atoms with Crippen molar-refractivity contribution in [1.82, 2.24) is 5.32 Å². The SMILES string of the molecule is Cc1ccc(COc2ccc(COC(=O)[C@H](CC(=O)OC(C)(C)C)NC(=O)OCC3c4ccccc4-c4ccccc43)cc2)cc1. The van der Waals surface area contributed by atoms with E-state index in [4.69, 9.17) is 18.9 Å². The number of hydrogen-bond acceptors (Lipinski definition) is 7. The number of aryl methyl sites for hydroxylation is 1. The molecule has 8 heteroatoms. The van der Waals surface area contributed by atoms with Crippen molar-refractivity contribution < 1.29 is 33.3 Å². The first kappa shape index (κ1) is 32.3. The highest BCUT2D eigenvalue weighted by atomic mass is 16.6. The van der Waals surface area contributed by atoms with Crippen LogP contribution < -0.4 is 10.1 Å². The van der Waals surface area contributed by atoms with Crippen molar-refractivity contribution in [3.63, 3.8) is 0 Å². The third-order valence-corrected chi connectivity index (χ3v) is 7.54. The molecule has 0 bridgehead atoms. The van der Waals surface area contributed by atoms with Crippen molar-refractivity contribution in [3.8, 4) is 16.9 Å². The molecular formula is C38H39NO7. The number of alkyl carbamates (subject to hydrolysis) is 1. The Morgan fingerprint density at radius 1 is 0.739 bits per heavy atom. The molecule has 0 saturated carbocycles. The zero-order valence-corrected chi connectivity index (χ0v) is 26.6. The van der Waals surface area contributed by atoms with Crippen LogP contribution in [0.15, 0.2) is 97.1 Å². The van der Waals surface area contributed by atoms with Gasteiger partial charge < -0.3 is 24.3 Å². The van der Waals surface area contributed by atoms with E-state index in [2.05, 4.69) is 5.32 Å². The molecule has 0 spiro atoms. The van der Waals surface area contributed by atoms with Crippen LogP contribution in [0.1, 0.15) is 60.9 Å². The Kier molecular flexibility index (Phi) is 10.1. The minimum Gasteiger partial charge on any atom is -0.489 e. The number of hydrogen-bond donors (Lipinski definition) is 1. The quantitative estimate of drug-likeness (QED) is 0.139. The summed E-state index contributed by atoms with van der Waals surface area (Å²) in [5, 5.41) is 2.53. The molecule has 0 fully saturated rings. The Morgan fingerprint density at radius 2 is 1.30 bits per heavy atom. The van der Waals surface area contributed by atoms with Gasteiger partial charge in [-0.15, -0.1) is 0 Å². The van der Waals surface area contributed by atoms with E-state index in [1.54, 1.807) is 45.0 Å². The molecule has 0 saturated heterocycles. The maximum absolute atomic E-state index is 13.2. The molecule has 4 aromatic rings. The Labute approximate surface area is 269 Å². The van der Waals surface area contributed by atoms with Crippen LogP contribution in [-0.4, -0.2) is 36.3 Å². The van der Waals surface area contributed by atoms with Gasteiger partial charge in [0.1, 0.15) is 37.2 Å². The molecule has 5 rings (SSSR count). The summed E-state index contributed by atoms with van der Waals surface area (Å²) in [5.74, 6) is -0.906. The number of esters is 2. The lowest BCUT2D eigenvalue weighted by Crippen LogP contribution is -2.44. The molecule has 8 nitrogen and oxygen atoms in total. The van der Waals surface area contributed by atoms with Crippen molar-refractivity contribution >= 4 is 18.0 Å². The number of nitrogens with one attached hydrogen (secondary N) is 1. The number of amides is 1. The highest BCUT2D eigenvalue weighted by molar-refractivity contribution is 5.86. The second-order valence-corrected chi connectivity index (χ2v) is 12.3. The molecular weight excluding hydrogens is 582 g/mol. The topological polar surface area (TPSA) is 100 Å². The predicted octanol–water partition coefficient (Wildman–Crippen LogP) is 7.26. The van der Waals surface area contributed by atoms with Crippen LogP contribution in [0, 0.1) is 6.92 Å². The molecule has 0 aromatic heterocycles. The highest BCUT2D eigenvalue weighted by Gasteiger charge is 2.31. The molecule has 238 valence electrons. The van der Waals surface area contributed by atoms with Crippen LogP contribution in [-0.2, 0) is 37.0 Å². The lowest BCUT2D eigenvalue weighted by molar-refractivity contribution is -0.160. The van der Waals surface area contributed by atoms with Gasteiger partial charge in [-0.05, 0) is 73.2 Å². The molecule has 1 atom stereocenters. The molecule has 46 heavy (non-hydrogen) atoms. The summed E-state index contributed by atoms with van der Waals surface area (Å²) in [4.78, 5) is 38.8. The van der Waals surface area contributed by atoms with Gasteiger partial charge in [-0.2, -0.15) is 0 Å². The van der Waals surface area contributed by atoms with E-state index < -0.39 is 36.1 Å². The average molecular weight is 622 g/mol. The molecule has 0 aliphatic heterocycles. The fourth-order valence-corrected chi connectivity index (χ4v) is 5.31. The molecule has 0 unspecified atom stereocenters. The summed E-state index contributed by atoms with van der Waals surface area (Å²) >= 11 is 0. The van der Waals surface area contributed by atoms with E-state index in [1.165, 1.54) is 5.56 Å². The van der Waals surface area contributed by atoms with Gasteiger partial charge >= 0.3 is 18.0 Å². The van der Waals surface area contributed by atoms with Gasteiger partial charge in [-0.3, -0.25) is 4.79 Å². The summed E-state index contributed by atoms with van der Waals surface area (Å²) in [6.07, 6.45) is -1.24. The fourth-order valence-electron chi connectivity index (χ4n) is 5.31. The van der Waals surface area contributed by atoms with E-state index in [0.717, 1.165) is 27.8 Å². The second kappa shape index (κ2) is 14.3. The first-order chi connectivity index (χ1) is 22.1. The number of fused-ring (bicyclic) bond motifs is 3. The van der Waals surface area contributed by atoms with E-state index in [-0.39, 0.29) is 19.1 Å². The standard InChI is InChI=1S/C38H39NO7/c1-25-13-15-26(16-14-25)22-43-28-19-17-27(18-20-28)23-44-36(41)34(21-35(40)46-38(2,3)4)39-37(42)45-24-33-31-11-7-5-9-29(31)30-10-6-8-12-32(30)33/h5-20,33-34H,21-24H2,1-4H3,(H,39,42)/t34-/m0/s1. The van der Waals surface area contributed by atoms with Crippen molar-refractivity contribution in [2.45, 2.75) is 64.9 Å². The van der Waals surface area contributed by atoms with Crippen LogP contribution in [0.25, 0.3) is 11.1 Å². The lowest BCUT2D eigenvalue weighted by atomic mass is 9.98. The molecule has 1 aliphatic carbocycles. The van der Waals surface area contributed by atoms with Crippen LogP contribution in [0.5, 0.6) is 5.75 Å². The summed E-state index contributed by atoms with van der Waals surface area (Å²) in [6.45, 7) is 7.65. The Hall–Kier alpha value is -5.11. The molecule has 1 N–H and O–H groups in total. The predicted molar refractivity (Wildman–Crippen MR) is 174 cm³/mol.